The highest BCUT2D eigenvalue weighted by atomic mass is 16.3. The Bertz CT molecular complexity index is 696. The highest BCUT2D eigenvalue weighted by Crippen LogP contribution is 2.26. The summed E-state index contributed by atoms with van der Waals surface area (Å²) in [5.74, 6) is -0.483. The van der Waals surface area contributed by atoms with E-state index in [4.69, 9.17) is 0 Å². The minimum atomic E-state index is -0.307. The summed E-state index contributed by atoms with van der Waals surface area (Å²) in [4.78, 5) is 12.0. The lowest BCUT2D eigenvalue weighted by molar-refractivity contribution is 0.0942. The van der Waals surface area contributed by atoms with Gasteiger partial charge in [0.15, 0.2) is 0 Å². The summed E-state index contributed by atoms with van der Waals surface area (Å²) in [7, 11) is 0. The average molecular weight is 284 g/mol. The third-order valence-electron chi connectivity index (χ3n) is 2.91. The van der Waals surface area contributed by atoms with Crippen LogP contribution in [-0.2, 0) is 0 Å². The highest BCUT2D eigenvalue weighted by Gasteiger charge is 2.09. The van der Waals surface area contributed by atoms with Gasteiger partial charge in [0.05, 0.1) is 5.70 Å². The second-order valence-corrected chi connectivity index (χ2v) is 4.63. The van der Waals surface area contributed by atoms with Crippen molar-refractivity contribution < 1.29 is 15.0 Å². The predicted octanol–water partition coefficient (Wildman–Crippen LogP) is 2.31. The zero-order chi connectivity index (χ0) is 15.4. The van der Waals surface area contributed by atoms with Crippen molar-refractivity contribution in [3.05, 3.63) is 65.7 Å². The van der Waals surface area contributed by atoms with Crippen LogP contribution in [0, 0.1) is 6.92 Å². The summed E-state index contributed by atoms with van der Waals surface area (Å²) in [6.07, 6.45) is 0. The molecule has 0 saturated carbocycles. The fourth-order valence-electron chi connectivity index (χ4n) is 1.83. The average Bonchev–Trinajstić information content (AvgIpc) is 2.44. The molecular weight excluding hydrogens is 268 g/mol. The van der Waals surface area contributed by atoms with E-state index in [1.54, 1.807) is 18.2 Å². The topological polar surface area (TPSA) is 81.6 Å². The standard InChI is InChI=1S/C16H16N2O3/c1-10-4-3-5-12(8-10)16(21)18-17-11(2)14-7-6-13(19)9-15(14)20/h3-9,17,19-20H,2H2,1H3,(H,18,21). The van der Waals surface area contributed by atoms with Crippen LogP contribution in [0.2, 0.25) is 0 Å². The van der Waals surface area contributed by atoms with Crippen molar-refractivity contribution in [2.45, 2.75) is 6.92 Å². The molecule has 0 bridgehead atoms. The van der Waals surface area contributed by atoms with Gasteiger partial charge in [0.1, 0.15) is 11.5 Å². The van der Waals surface area contributed by atoms with Gasteiger partial charge in [0.25, 0.3) is 5.91 Å². The van der Waals surface area contributed by atoms with Crippen LogP contribution in [0.25, 0.3) is 5.70 Å². The van der Waals surface area contributed by atoms with Crippen molar-refractivity contribution in [1.82, 2.24) is 10.9 Å². The maximum atomic E-state index is 12.0. The van der Waals surface area contributed by atoms with Crippen LogP contribution in [-0.4, -0.2) is 16.1 Å². The van der Waals surface area contributed by atoms with Gasteiger partial charge in [-0.3, -0.25) is 15.6 Å². The Kier molecular flexibility index (Phi) is 4.13. The minimum Gasteiger partial charge on any atom is -0.508 e. The molecule has 1 amide bonds. The Balaban J connectivity index is 2.02. The number of carbonyl (C=O) groups is 1. The molecule has 0 aliphatic heterocycles. The molecule has 0 heterocycles. The fourth-order valence-corrected chi connectivity index (χ4v) is 1.83. The number of aromatic hydroxyl groups is 2. The Morgan fingerprint density at radius 1 is 1.10 bits per heavy atom. The van der Waals surface area contributed by atoms with Crippen LogP contribution in [0.15, 0.2) is 49.0 Å². The lowest BCUT2D eigenvalue weighted by Crippen LogP contribution is -2.35. The summed E-state index contributed by atoms with van der Waals surface area (Å²) < 4.78 is 0. The zero-order valence-corrected chi connectivity index (χ0v) is 11.6. The number of hydrogen-bond donors (Lipinski definition) is 4. The van der Waals surface area contributed by atoms with Crippen LogP contribution in [0.5, 0.6) is 11.5 Å². The number of hydrogen-bond acceptors (Lipinski definition) is 4. The van der Waals surface area contributed by atoms with Crippen LogP contribution in [0.4, 0.5) is 0 Å². The molecule has 0 saturated heterocycles. The summed E-state index contributed by atoms with van der Waals surface area (Å²) in [5, 5.41) is 18.9. The van der Waals surface area contributed by atoms with E-state index in [1.165, 1.54) is 18.2 Å². The quantitative estimate of drug-likeness (QED) is 0.649. The number of aryl methyl sites for hydroxylation is 1. The Hall–Kier alpha value is -2.95. The Morgan fingerprint density at radius 3 is 2.52 bits per heavy atom. The van der Waals surface area contributed by atoms with Gasteiger partial charge in [0.2, 0.25) is 0 Å². The molecule has 0 unspecified atom stereocenters. The van der Waals surface area contributed by atoms with Crippen molar-refractivity contribution in [1.29, 1.82) is 0 Å². The van der Waals surface area contributed by atoms with Crippen molar-refractivity contribution >= 4 is 11.6 Å². The summed E-state index contributed by atoms with van der Waals surface area (Å²) in [6.45, 7) is 5.63. The first-order valence-electron chi connectivity index (χ1n) is 6.31. The molecule has 108 valence electrons. The minimum absolute atomic E-state index is 0.0483. The van der Waals surface area contributed by atoms with E-state index in [0.29, 0.717) is 16.8 Å². The summed E-state index contributed by atoms with van der Waals surface area (Å²) >= 11 is 0. The second kappa shape index (κ2) is 6.00. The number of rotatable bonds is 4. The van der Waals surface area contributed by atoms with Gasteiger partial charge in [-0.15, -0.1) is 0 Å². The number of carbonyl (C=O) groups excluding carboxylic acids is 1. The molecule has 21 heavy (non-hydrogen) atoms. The largest absolute Gasteiger partial charge is 0.508 e. The molecule has 2 aromatic carbocycles. The third-order valence-corrected chi connectivity index (χ3v) is 2.91. The van der Waals surface area contributed by atoms with Crippen molar-refractivity contribution in [2.24, 2.45) is 0 Å². The van der Waals surface area contributed by atoms with E-state index in [-0.39, 0.29) is 17.4 Å². The molecule has 0 atom stereocenters. The number of phenols is 2. The maximum Gasteiger partial charge on any atom is 0.269 e. The molecule has 5 nitrogen and oxygen atoms in total. The molecule has 0 spiro atoms. The number of amides is 1. The molecular formula is C16H16N2O3. The van der Waals surface area contributed by atoms with Crippen LogP contribution >= 0.6 is 0 Å². The molecule has 0 radical (unpaired) electrons. The number of nitrogens with one attached hydrogen (secondary N) is 2. The SMILES string of the molecule is C=C(NNC(=O)c1cccc(C)c1)c1ccc(O)cc1O. The Labute approximate surface area is 122 Å². The summed E-state index contributed by atoms with van der Waals surface area (Å²) in [6, 6.07) is 11.3. The molecule has 0 fully saturated rings. The highest BCUT2D eigenvalue weighted by molar-refractivity contribution is 5.94. The van der Waals surface area contributed by atoms with E-state index >= 15 is 0 Å². The lowest BCUT2D eigenvalue weighted by Gasteiger charge is -2.12. The first kappa shape index (κ1) is 14.5. The van der Waals surface area contributed by atoms with Gasteiger partial charge in [-0.25, -0.2) is 0 Å². The zero-order valence-electron chi connectivity index (χ0n) is 11.6. The van der Waals surface area contributed by atoms with E-state index in [1.807, 2.05) is 13.0 Å². The molecule has 0 aliphatic rings. The fraction of sp³-hybridized carbons (Fsp3) is 0.0625. The third kappa shape index (κ3) is 3.54. The van der Waals surface area contributed by atoms with Crippen molar-refractivity contribution in [2.75, 3.05) is 0 Å². The smallest absolute Gasteiger partial charge is 0.269 e. The van der Waals surface area contributed by atoms with Crippen molar-refractivity contribution in [3.63, 3.8) is 0 Å². The van der Waals surface area contributed by atoms with Crippen LogP contribution in [0.3, 0.4) is 0 Å². The van der Waals surface area contributed by atoms with Gasteiger partial charge < -0.3 is 10.2 Å². The molecule has 2 aromatic rings. The van der Waals surface area contributed by atoms with Crippen molar-refractivity contribution in [3.8, 4) is 11.5 Å². The monoisotopic (exact) mass is 284 g/mol. The maximum absolute atomic E-state index is 12.0. The number of benzene rings is 2. The van der Waals surface area contributed by atoms with Gasteiger partial charge >= 0.3 is 0 Å². The van der Waals surface area contributed by atoms with E-state index in [0.717, 1.165) is 5.56 Å². The number of phenolic OH excluding ortho intramolecular Hbond substituents is 2. The predicted molar refractivity (Wildman–Crippen MR) is 80.6 cm³/mol. The number of hydrazine groups is 1. The molecule has 0 aromatic heterocycles. The normalized spacial score (nSPS) is 9.95. The van der Waals surface area contributed by atoms with E-state index in [2.05, 4.69) is 17.4 Å². The van der Waals surface area contributed by atoms with Gasteiger partial charge in [-0.1, -0.05) is 24.3 Å². The lowest BCUT2D eigenvalue weighted by atomic mass is 10.1. The molecule has 4 N–H and O–H groups in total. The van der Waals surface area contributed by atoms with Crippen LogP contribution < -0.4 is 10.9 Å². The first-order valence-corrected chi connectivity index (χ1v) is 6.31. The molecule has 5 heteroatoms. The molecule has 0 aliphatic carbocycles. The van der Waals surface area contributed by atoms with Gasteiger partial charge in [-0.2, -0.15) is 0 Å². The van der Waals surface area contributed by atoms with E-state index < -0.39 is 0 Å². The summed E-state index contributed by atoms with van der Waals surface area (Å²) in [5.41, 5.74) is 7.35. The first-order chi connectivity index (χ1) is 9.97. The van der Waals surface area contributed by atoms with Crippen LogP contribution in [0.1, 0.15) is 21.5 Å². The molecule has 2 rings (SSSR count). The van der Waals surface area contributed by atoms with Gasteiger partial charge in [-0.05, 0) is 31.2 Å². The second-order valence-electron chi connectivity index (χ2n) is 4.63. The van der Waals surface area contributed by atoms with Gasteiger partial charge in [0, 0.05) is 17.2 Å². The van der Waals surface area contributed by atoms with E-state index in [9.17, 15) is 15.0 Å². The Morgan fingerprint density at radius 2 is 1.86 bits per heavy atom.